The third kappa shape index (κ3) is 4.92. The number of alkyl halides is 1. The molecular weight excluding hydrogens is 372 g/mol. The molecule has 0 unspecified atom stereocenters. The van der Waals surface area contributed by atoms with Crippen LogP contribution in [0.25, 0.3) is 0 Å². The molecule has 0 atom stereocenters. The van der Waals surface area contributed by atoms with E-state index in [4.69, 9.17) is 16.3 Å². The standard InChI is InChI=1S/C10H11ClO3.C10H10O3/c1-6-4-7(8(12)2-3-11)10(14)5-9(6)13;1-6-4-7-8(11)2-3-13-10(7)5-9(6)12/h4-5,13-14H,2-3H2,1H3;4-5,12H,2-3H2,1H3. The number of phenolic OH excluding ortho intramolecular Hbond substituents is 3. The lowest BCUT2D eigenvalue weighted by Gasteiger charge is -2.16. The van der Waals surface area contributed by atoms with Crippen molar-refractivity contribution in [3.05, 3.63) is 46.5 Å². The van der Waals surface area contributed by atoms with Gasteiger partial charge < -0.3 is 20.1 Å². The first-order valence-corrected chi connectivity index (χ1v) is 8.89. The molecule has 0 radical (unpaired) electrons. The quantitative estimate of drug-likeness (QED) is 0.540. The van der Waals surface area contributed by atoms with Gasteiger partial charge in [0, 0.05) is 30.9 Å². The number of carbonyl (C=O) groups is 2. The molecule has 2 aromatic rings. The molecule has 6 nitrogen and oxygen atoms in total. The van der Waals surface area contributed by atoms with Gasteiger partial charge in [0.05, 0.1) is 17.7 Å². The average Bonchev–Trinajstić information content (AvgIpc) is 2.61. The van der Waals surface area contributed by atoms with Crippen molar-refractivity contribution in [3.8, 4) is 23.0 Å². The highest BCUT2D eigenvalue weighted by Crippen LogP contribution is 2.31. The number of rotatable bonds is 3. The minimum Gasteiger partial charge on any atom is -0.508 e. The summed E-state index contributed by atoms with van der Waals surface area (Å²) in [5.74, 6) is 0.531. The van der Waals surface area contributed by atoms with Crippen molar-refractivity contribution in [2.75, 3.05) is 12.5 Å². The summed E-state index contributed by atoms with van der Waals surface area (Å²) in [6.45, 7) is 3.83. The minimum atomic E-state index is -0.222. The summed E-state index contributed by atoms with van der Waals surface area (Å²) in [6.07, 6.45) is 0.608. The van der Waals surface area contributed by atoms with E-state index < -0.39 is 0 Å². The lowest BCUT2D eigenvalue weighted by Crippen LogP contribution is -2.15. The van der Waals surface area contributed by atoms with Gasteiger partial charge in [0.15, 0.2) is 11.6 Å². The molecule has 1 aliphatic heterocycles. The number of hydrogen-bond donors (Lipinski definition) is 3. The molecule has 3 rings (SSSR count). The number of aryl methyl sites for hydroxylation is 2. The molecule has 7 heteroatoms. The third-order valence-electron chi connectivity index (χ3n) is 4.12. The average molecular weight is 393 g/mol. The van der Waals surface area contributed by atoms with Crippen LogP contribution in [0, 0.1) is 13.8 Å². The van der Waals surface area contributed by atoms with Crippen LogP contribution in [0.15, 0.2) is 24.3 Å². The highest BCUT2D eigenvalue weighted by molar-refractivity contribution is 6.19. The van der Waals surface area contributed by atoms with E-state index in [0.29, 0.717) is 35.5 Å². The molecule has 0 aromatic heterocycles. The Morgan fingerprint density at radius 3 is 2.33 bits per heavy atom. The number of phenols is 3. The Bertz CT molecular complexity index is 875. The Labute approximate surface area is 162 Å². The number of fused-ring (bicyclic) bond motifs is 1. The van der Waals surface area contributed by atoms with Crippen LogP contribution in [0.5, 0.6) is 23.0 Å². The summed E-state index contributed by atoms with van der Waals surface area (Å²) in [7, 11) is 0. The molecule has 27 heavy (non-hydrogen) atoms. The predicted octanol–water partition coefficient (Wildman–Crippen LogP) is 3.88. The van der Waals surface area contributed by atoms with Crippen LogP contribution < -0.4 is 4.74 Å². The zero-order valence-corrected chi connectivity index (χ0v) is 15.8. The van der Waals surface area contributed by atoms with Gasteiger partial charge in [-0.2, -0.15) is 0 Å². The highest BCUT2D eigenvalue weighted by Gasteiger charge is 2.19. The normalized spacial score (nSPS) is 12.5. The molecule has 0 aliphatic carbocycles. The van der Waals surface area contributed by atoms with E-state index in [1.165, 1.54) is 12.1 Å². The fourth-order valence-electron chi connectivity index (χ4n) is 2.53. The molecule has 0 saturated carbocycles. The maximum Gasteiger partial charge on any atom is 0.170 e. The Hall–Kier alpha value is -2.73. The van der Waals surface area contributed by atoms with Gasteiger partial charge in [0.2, 0.25) is 0 Å². The summed E-state index contributed by atoms with van der Waals surface area (Å²) in [5, 5.41) is 28.0. The first kappa shape index (κ1) is 20.6. The van der Waals surface area contributed by atoms with Crippen LogP contribution in [0.3, 0.4) is 0 Å². The maximum absolute atomic E-state index is 11.4. The summed E-state index contributed by atoms with van der Waals surface area (Å²) in [4.78, 5) is 22.8. The van der Waals surface area contributed by atoms with E-state index in [2.05, 4.69) is 0 Å². The van der Waals surface area contributed by atoms with Crippen molar-refractivity contribution in [2.45, 2.75) is 26.7 Å². The largest absolute Gasteiger partial charge is 0.508 e. The molecule has 0 fully saturated rings. The zero-order chi connectivity index (χ0) is 20.1. The van der Waals surface area contributed by atoms with Crippen molar-refractivity contribution in [3.63, 3.8) is 0 Å². The van der Waals surface area contributed by atoms with E-state index in [1.807, 2.05) is 0 Å². The molecule has 2 aromatic carbocycles. The van der Waals surface area contributed by atoms with Crippen molar-refractivity contribution >= 4 is 23.2 Å². The smallest absolute Gasteiger partial charge is 0.170 e. The fraction of sp³-hybridized carbons (Fsp3) is 0.300. The highest BCUT2D eigenvalue weighted by atomic mass is 35.5. The van der Waals surface area contributed by atoms with Crippen molar-refractivity contribution in [1.82, 2.24) is 0 Å². The molecule has 0 amide bonds. The number of benzene rings is 2. The summed E-state index contributed by atoms with van der Waals surface area (Å²) in [6, 6.07) is 5.80. The Morgan fingerprint density at radius 1 is 1.04 bits per heavy atom. The molecule has 0 saturated heterocycles. The van der Waals surface area contributed by atoms with E-state index >= 15 is 0 Å². The van der Waals surface area contributed by atoms with Crippen LogP contribution in [-0.2, 0) is 0 Å². The van der Waals surface area contributed by atoms with Crippen molar-refractivity contribution in [2.24, 2.45) is 0 Å². The van der Waals surface area contributed by atoms with Gasteiger partial charge in [0.1, 0.15) is 23.0 Å². The van der Waals surface area contributed by atoms with Crippen LogP contribution in [-0.4, -0.2) is 39.4 Å². The number of ether oxygens (including phenoxy) is 1. The van der Waals surface area contributed by atoms with E-state index in [9.17, 15) is 24.9 Å². The first-order chi connectivity index (χ1) is 12.7. The SMILES string of the molecule is Cc1cc(C(=O)CCCl)c(O)cc1O.Cc1cc2c(cc1O)OCCC2=O. The van der Waals surface area contributed by atoms with Crippen LogP contribution >= 0.6 is 11.6 Å². The fourth-order valence-corrected chi connectivity index (χ4v) is 2.70. The zero-order valence-electron chi connectivity index (χ0n) is 15.1. The number of carbonyl (C=O) groups excluding carboxylic acids is 2. The number of ketones is 2. The second-order valence-electron chi connectivity index (χ2n) is 6.17. The van der Waals surface area contributed by atoms with E-state index in [1.54, 1.807) is 19.9 Å². The van der Waals surface area contributed by atoms with Gasteiger partial charge >= 0.3 is 0 Å². The monoisotopic (exact) mass is 392 g/mol. The van der Waals surface area contributed by atoms with E-state index in [-0.39, 0.29) is 46.7 Å². The third-order valence-corrected chi connectivity index (χ3v) is 4.31. The van der Waals surface area contributed by atoms with Gasteiger partial charge in [-0.05, 0) is 37.1 Å². The Morgan fingerprint density at radius 2 is 1.67 bits per heavy atom. The minimum absolute atomic E-state index is 0.0232. The topological polar surface area (TPSA) is 104 Å². The number of halogens is 1. The van der Waals surface area contributed by atoms with Gasteiger partial charge in [0.25, 0.3) is 0 Å². The van der Waals surface area contributed by atoms with Crippen LogP contribution in [0.2, 0.25) is 0 Å². The van der Waals surface area contributed by atoms with E-state index in [0.717, 1.165) is 6.07 Å². The lowest BCUT2D eigenvalue weighted by molar-refractivity contribution is 0.0932. The molecule has 3 N–H and O–H groups in total. The lowest BCUT2D eigenvalue weighted by atomic mass is 10.0. The number of hydrogen-bond acceptors (Lipinski definition) is 6. The van der Waals surface area contributed by atoms with Crippen molar-refractivity contribution in [1.29, 1.82) is 0 Å². The number of Topliss-reactive ketones (excluding diaryl/α,β-unsaturated/α-hetero) is 2. The maximum atomic E-state index is 11.4. The number of aromatic hydroxyl groups is 3. The van der Waals surface area contributed by atoms with Gasteiger partial charge in [-0.25, -0.2) is 0 Å². The second-order valence-corrected chi connectivity index (χ2v) is 6.55. The summed E-state index contributed by atoms with van der Waals surface area (Å²) in [5.41, 5.74) is 2.06. The first-order valence-electron chi connectivity index (χ1n) is 8.36. The van der Waals surface area contributed by atoms with Gasteiger partial charge in [-0.15, -0.1) is 11.6 Å². The molecule has 1 heterocycles. The van der Waals surface area contributed by atoms with Crippen molar-refractivity contribution < 1.29 is 29.6 Å². The molecular formula is C20H21ClO6. The van der Waals surface area contributed by atoms with Gasteiger partial charge in [-0.1, -0.05) is 0 Å². The molecule has 144 valence electrons. The van der Waals surface area contributed by atoms with Crippen LogP contribution in [0.4, 0.5) is 0 Å². The predicted molar refractivity (Wildman–Crippen MR) is 101 cm³/mol. The molecule has 0 spiro atoms. The van der Waals surface area contributed by atoms with Gasteiger partial charge in [-0.3, -0.25) is 9.59 Å². The molecule has 0 bridgehead atoms. The summed E-state index contributed by atoms with van der Waals surface area (Å²) < 4.78 is 5.25. The Kier molecular flexibility index (Phi) is 6.69. The second kappa shape index (κ2) is 8.77. The molecule has 1 aliphatic rings. The summed E-state index contributed by atoms with van der Waals surface area (Å²) >= 11 is 5.42. The Balaban J connectivity index is 0.000000194. The van der Waals surface area contributed by atoms with Crippen LogP contribution in [0.1, 0.15) is 44.7 Å².